The van der Waals surface area contributed by atoms with Gasteiger partial charge in [0.2, 0.25) is 5.88 Å². The quantitative estimate of drug-likeness (QED) is 0.288. The summed E-state index contributed by atoms with van der Waals surface area (Å²) in [5.74, 6) is -0.0509. The van der Waals surface area contributed by atoms with Crippen LogP contribution in [-0.2, 0) is 0 Å². The van der Waals surface area contributed by atoms with Gasteiger partial charge in [0.15, 0.2) is 5.16 Å². The molecule has 0 atom stereocenters. The molecule has 9 heteroatoms. The van der Waals surface area contributed by atoms with Crippen molar-refractivity contribution in [1.82, 2.24) is 25.1 Å². The lowest BCUT2D eigenvalue weighted by Crippen LogP contribution is -2.07. The summed E-state index contributed by atoms with van der Waals surface area (Å²) in [7, 11) is 0. The van der Waals surface area contributed by atoms with Gasteiger partial charge in [0.25, 0.3) is 0 Å². The Kier molecular flexibility index (Phi) is 3.68. The molecule has 2 aromatic rings. The van der Waals surface area contributed by atoms with Crippen molar-refractivity contribution in [2.24, 2.45) is 0 Å². The van der Waals surface area contributed by atoms with Gasteiger partial charge in [0, 0.05) is 12.3 Å². The van der Waals surface area contributed by atoms with Gasteiger partial charge >= 0.3 is 11.4 Å². The van der Waals surface area contributed by atoms with E-state index in [0.717, 1.165) is 0 Å². The van der Waals surface area contributed by atoms with Crippen LogP contribution in [0, 0.1) is 0 Å². The van der Waals surface area contributed by atoms with Crippen LogP contribution in [0.1, 0.15) is 0 Å². The maximum atomic E-state index is 9.95. The molecule has 0 aliphatic rings. The van der Waals surface area contributed by atoms with E-state index in [2.05, 4.69) is 22.6 Å². The molecule has 4 N–H and O–H groups in total. The SMILES string of the molecule is O=c1[nH][nH]c(=O)[nH]1.Oc1ccnc(S)n1. The maximum Gasteiger partial charge on any atom is 0.341 e. The number of aromatic hydroxyl groups is 1. The predicted octanol–water partition coefficient (Wildman–Crippen LogP) is -1.14. The standard InChI is InChI=1S/C4H4N2OS.C2H3N3O2/c7-3-1-2-5-4(8)6-3;6-1-3-2(7)5-4-1/h1-2H,(H2,5,6,7,8);(H3,3,4,5,6,7). The first-order valence-electron chi connectivity index (χ1n) is 3.66. The van der Waals surface area contributed by atoms with Crippen molar-refractivity contribution in [2.75, 3.05) is 0 Å². The molecular formula is C6H7N5O3S. The normalized spacial score (nSPS) is 9.13. The number of hydrogen-bond donors (Lipinski definition) is 5. The molecule has 0 aromatic carbocycles. The zero-order valence-electron chi connectivity index (χ0n) is 7.26. The number of nitrogens with zero attached hydrogens (tertiary/aromatic N) is 2. The van der Waals surface area contributed by atoms with Crippen molar-refractivity contribution in [3.8, 4) is 5.88 Å². The molecular weight excluding hydrogens is 222 g/mol. The minimum atomic E-state index is -0.509. The van der Waals surface area contributed by atoms with Gasteiger partial charge in [-0.1, -0.05) is 0 Å². The van der Waals surface area contributed by atoms with E-state index in [0.29, 0.717) is 0 Å². The Balaban J connectivity index is 0.000000151. The molecule has 0 bridgehead atoms. The molecule has 0 saturated carbocycles. The first-order valence-corrected chi connectivity index (χ1v) is 4.10. The van der Waals surface area contributed by atoms with Crippen LogP contribution in [0.2, 0.25) is 0 Å². The molecule has 8 nitrogen and oxygen atoms in total. The van der Waals surface area contributed by atoms with E-state index in [4.69, 9.17) is 5.11 Å². The molecule has 0 radical (unpaired) electrons. The van der Waals surface area contributed by atoms with Gasteiger partial charge < -0.3 is 5.11 Å². The van der Waals surface area contributed by atoms with Gasteiger partial charge in [-0.2, -0.15) is 4.98 Å². The fourth-order valence-electron chi connectivity index (χ4n) is 0.618. The fourth-order valence-corrected chi connectivity index (χ4v) is 0.787. The highest BCUT2D eigenvalue weighted by Gasteiger charge is 1.87. The minimum absolute atomic E-state index is 0.0509. The number of H-pyrrole nitrogens is 3. The first kappa shape index (κ1) is 11.0. The summed E-state index contributed by atoms with van der Waals surface area (Å²) in [5.41, 5.74) is -1.02. The minimum Gasteiger partial charge on any atom is -0.493 e. The van der Waals surface area contributed by atoms with Crippen LogP contribution in [-0.4, -0.2) is 30.3 Å². The van der Waals surface area contributed by atoms with Gasteiger partial charge in [-0.3, -0.25) is 4.98 Å². The number of nitrogens with one attached hydrogen (secondary N) is 3. The van der Waals surface area contributed by atoms with Crippen molar-refractivity contribution in [2.45, 2.75) is 5.16 Å². The zero-order valence-corrected chi connectivity index (χ0v) is 8.15. The smallest absolute Gasteiger partial charge is 0.341 e. The first-order chi connectivity index (χ1) is 7.08. The number of aromatic amines is 3. The fraction of sp³-hybridized carbons (Fsp3) is 0. The molecule has 0 saturated heterocycles. The van der Waals surface area contributed by atoms with Gasteiger partial charge in [-0.25, -0.2) is 24.8 Å². The third-order valence-electron chi connectivity index (χ3n) is 1.14. The van der Waals surface area contributed by atoms with Crippen LogP contribution in [0.25, 0.3) is 0 Å². The van der Waals surface area contributed by atoms with E-state index < -0.39 is 11.4 Å². The molecule has 0 aliphatic heterocycles. The molecule has 2 rings (SSSR count). The molecule has 0 aliphatic carbocycles. The van der Waals surface area contributed by atoms with Crippen molar-refractivity contribution in [3.63, 3.8) is 0 Å². The molecule has 0 fully saturated rings. The predicted molar refractivity (Wildman–Crippen MR) is 53.0 cm³/mol. The van der Waals surface area contributed by atoms with E-state index in [-0.39, 0.29) is 11.0 Å². The number of hydrogen-bond acceptors (Lipinski definition) is 6. The Labute approximate surface area is 87.8 Å². The molecule has 0 spiro atoms. The second-order valence-electron chi connectivity index (χ2n) is 2.25. The number of aromatic nitrogens is 5. The van der Waals surface area contributed by atoms with Crippen LogP contribution in [0.15, 0.2) is 27.0 Å². The van der Waals surface area contributed by atoms with Crippen LogP contribution < -0.4 is 11.4 Å². The molecule has 80 valence electrons. The lowest BCUT2D eigenvalue weighted by Gasteiger charge is -1.87. The summed E-state index contributed by atoms with van der Waals surface area (Å²) < 4.78 is 0. The zero-order chi connectivity index (χ0) is 11.3. The van der Waals surface area contributed by atoms with Gasteiger partial charge in [0.05, 0.1) is 0 Å². The highest BCUT2D eigenvalue weighted by atomic mass is 32.1. The second-order valence-corrected chi connectivity index (χ2v) is 2.65. The average molecular weight is 229 g/mol. The van der Waals surface area contributed by atoms with Crippen LogP contribution in [0.4, 0.5) is 0 Å². The maximum absolute atomic E-state index is 9.95. The van der Waals surface area contributed by atoms with Crippen molar-refractivity contribution in [1.29, 1.82) is 0 Å². The third-order valence-corrected chi connectivity index (χ3v) is 1.36. The second kappa shape index (κ2) is 5.00. The third kappa shape index (κ3) is 4.13. The molecule has 0 unspecified atom stereocenters. The summed E-state index contributed by atoms with van der Waals surface area (Å²) in [6.07, 6.45) is 1.44. The monoisotopic (exact) mass is 229 g/mol. The van der Waals surface area contributed by atoms with E-state index >= 15 is 0 Å². The summed E-state index contributed by atoms with van der Waals surface area (Å²) in [6.45, 7) is 0. The summed E-state index contributed by atoms with van der Waals surface area (Å²) in [6, 6.07) is 1.39. The largest absolute Gasteiger partial charge is 0.493 e. The van der Waals surface area contributed by atoms with Crippen molar-refractivity contribution in [3.05, 3.63) is 33.2 Å². The Hall–Kier alpha value is -2.03. The topological polar surface area (TPSA) is 128 Å². The van der Waals surface area contributed by atoms with Crippen molar-refractivity contribution >= 4 is 12.6 Å². The molecule has 2 heterocycles. The van der Waals surface area contributed by atoms with Gasteiger partial charge in [0.1, 0.15) is 0 Å². The van der Waals surface area contributed by atoms with Gasteiger partial charge in [-0.15, -0.1) is 12.6 Å². The Morgan fingerprint density at radius 1 is 1.27 bits per heavy atom. The van der Waals surface area contributed by atoms with Crippen LogP contribution in [0.3, 0.4) is 0 Å². The number of thiol groups is 1. The van der Waals surface area contributed by atoms with E-state index in [1.807, 2.05) is 15.2 Å². The Morgan fingerprint density at radius 3 is 2.13 bits per heavy atom. The lowest BCUT2D eigenvalue weighted by atomic mass is 10.6. The van der Waals surface area contributed by atoms with E-state index in [1.54, 1.807) is 0 Å². The Morgan fingerprint density at radius 2 is 1.87 bits per heavy atom. The highest BCUT2D eigenvalue weighted by molar-refractivity contribution is 7.80. The van der Waals surface area contributed by atoms with Crippen molar-refractivity contribution < 1.29 is 5.11 Å². The van der Waals surface area contributed by atoms with E-state index in [9.17, 15) is 9.59 Å². The summed E-state index contributed by atoms with van der Waals surface area (Å²) in [4.78, 5) is 28.9. The summed E-state index contributed by atoms with van der Waals surface area (Å²) >= 11 is 3.77. The van der Waals surface area contributed by atoms with E-state index in [1.165, 1.54) is 12.3 Å². The van der Waals surface area contributed by atoms with Crippen LogP contribution >= 0.6 is 12.6 Å². The molecule has 15 heavy (non-hydrogen) atoms. The molecule has 0 amide bonds. The summed E-state index contributed by atoms with van der Waals surface area (Å²) in [5, 5.41) is 12.9. The lowest BCUT2D eigenvalue weighted by molar-refractivity contribution is 0.445. The van der Waals surface area contributed by atoms with Crippen LogP contribution in [0.5, 0.6) is 5.88 Å². The highest BCUT2D eigenvalue weighted by Crippen LogP contribution is 2.02. The average Bonchev–Trinajstić information content (AvgIpc) is 2.50. The molecule has 2 aromatic heterocycles. The Bertz CT molecular complexity index is 488. The van der Waals surface area contributed by atoms with Gasteiger partial charge in [-0.05, 0) is 0 Å². The number of rotatable bonds is 0.